The lowest BCUT2D eigenvalue weighted by Crippen LogP contribution is -2.11. The molecule has 0 aliphatic carbocycles. The summed E-state index contributed by atoms with van der Waals surface area (Å²) in [5.74, 6) is 1.33. The van der Waals surface area contributed by atoms with Crippen molar-refractivity contribution in [3.05, 3.63) is 58.1 Å². The third-order valence-corrected chi connectivity index (χ3v) is 3.51. The molecule has 0 atom stereocenters. The Labute approximate surface area is 131 Å². The maximum atomic E-state index is 5.80. The van der Waals surface area contributed by atoms with Gasteiger partial charge in [0.05, 0.1) is 12.7 Å². The number of hydrogen-bond acceptors (Lipinski definition) is 3. The summed E-state index contributed by atoms with van der Waals surface area (Å²) in [7, 11) is 1.61. The van der Waals surface area contributed by atoms with E-state index in [2.05, 4.69) is 15.9 Å². The quantitative estimate of drug-likeness (QED) is 0.834. The molecule has 5 heteroatoms. The van der Waals surface area contributed by atoms with Gasteiger partial charge in [-0.1, -0.05) is 40.3 Å². The monoisotopic (exact) mass is 351 g/mol. The number of thiocarbonyl (C=S) groups is 1. The Morgan fingerprint density at radius 3 is 2.50 bits per heavy atom. The van der Waals surface area contributed by atoms with Crippen molar-refractivity contribution in [2.45, 2.75) is 6.61 Å². The van der Waals surface area contributed by atoms with Gasteiger partial charge in [0.1, 0.15) is 23.1 Å². The molecule has 0 radical (unpaired) electrons. The van der Waals surface area contributed by atoms with Crippen molar-refractivity contribution in [2.24, 2.45) is 5.73 Å². The van der Waals surface area contributed by atoms with Crippen molar-refractivity contribution in [3.63, 3.8) is 0 Å². The zero-order valence-electron chi connectivity index (χ0n) is 10.9. The highest BCUT2D eigenvalue weighted by Gasteiger charge is 2.08. The molecule has 0 heterocycles. The van der Waals surface area contributed by atoms with E-state index in [-0.39, 0.29) is 0 Å². The summed E-state index contributed by atoms with van der Waals surface area (Å²) < 4.78 is 12.0. The van der Waals surface area contributed by atoms with Crippen LogP contribution in [-0.4, -0.2) is 12.1 Å². The predicted molar refractivity (Wildman–Crippen MR) is 87.4 cm³/mol. The number of hydrogen-bond donors (Lipinski definition) is 1. The van der Waals surface area contributed by atoms with E-state index in [0.29, 0.717) is 28.7 Å². The Morgan fingerprint density at radius 1 is 1.20 bits per heavy atom. The second-order valence-electron chi connectivity index (χ2n) is 4.14. The number of benzene rings is 2. The van der Waals surface area contributed by atoms with E-state index >= 15 is 0 Å². The first-order valence-electron chi connectivity index (χ1n) is 5.95. The lowest BCUT2D eigenvalue weighted by atomic mass is 10.2. The largest absolute Gasteiger partial charge is 0.497 e. The fourth-order valence-corrected chi connectivity index (χ4v) is 2.13. The van der Waals surface area contributed by atoms with Crippen LogP contribution in [0.5, 0.6) is 11.5 Å². The first-order chi connectivity index (χ1) is 9.60. The average molecular weight is 352 g/mol. The van der Waals surface area contributed by atoms with Gasteiger partial charge in [-0.2, -0.15) is 0 Å². The Kier molecular flexibility index (Phi) is 4.98. The minimum atomic E-state index is 0.304. The van der Waals surface area contributed by atoms with Gasteiger partial charge in [0.15, 0.2) is 0 Å². The predicted octanol–water partition coefficient (Wildman–Crippen LogP) is 3.67. The molecule has 20 heavy (non-hydrogen) atoms. The van der Waals surface area contributed by atoms with Gasteiger partial charge in [-0.3, -0.25) is 0 Å². The van der Waals surface area contributed by atoms with Crippen LogP contribution < -0.4 is 15.2 Å². The maximum absolute atomic E-state index is 5.80. The topological polar surface area (TPSA) is 44.5 Å². The third kappa shape index (κ3) is 3.71. The van der Waals surface area contributed by atoms with Crippen LogP contribution in [0, 0.1) is 0 Å². The van der Waals surface area contributed by atoms with Gasteiger partial charge < -0.3 is 15.2 Å². The zero-order chi connectivity index (χ0) is 14.5. The summed E-state index contributed by atoms with van der Waals surface area (Å²) in [6, 6.07) is 13.3. The molecule has 3 nitrogen and oxygen atoms in total. The zero-order valence-corrected chi connectivity index (χ0v) is 13.3. The summed E-state index contributed by atoms with van der Waals surface area (Å²) in [6.07, 6.45) is 0. The molecule has 0 aromatic heterocycles. The van der Waals surface area contributed by atoms with E-state index < -0.39 is 0 Å². The Bertz CT molecular complexity index is 614. The molecule has 0 spiro atoms. The van der Waals surface area contributed by atoms with Gasteiger partial charge in [0.2, 0.25) is 0 Å². The average Bonchev–Trinajstić information content (AvgIpc) is 2.46. The molecule has 0 aliphatic rings. The van der Waals surface area contributed by atoms with Crippen molar-refractivity contribution in [3.8, 4) is 11.5 Å². The van der Waals surface area contributed by atoms with E-state index in [1.807, 2.05) is 24.3 Å². The molecule has 0 bridgehead atoms. The van der Waals surface area contributed by atoms with Crippen LogP contribution in [0.15, 0.2) is 46.9 Å². The van der Waals surface area contributed by atoms with Crippen molar-refractivity contribution >= 4 is 33.1 Å². The number of rotatable bonds is 5. The first-order valence-corrected chi connectivity index (χ1v) is 7.15. The van der Waals surface area contributed by atoms with Crippen LogP contribution in [0.4, 0.5) is 0 Å². The first kappa shape index (κ1) is 14.8. The lowest BCUT2D eigenvalue weighted by molar-refractivity contribution is 0.303. The SMILES string of the molecule is COc1ccc(C(N)=S)c(OCc2ccc(Br)cc2)c1. The number of halogens is 1. The van der Waals surface area contributed by atoms with Gasteiger partial charge >= 0.3 is 0 Å². The summed E-state index contributed by atoms with van der Waals surface area (Å²) in [5, 5.41) is 0. The number of ether oxygens (including phenoxy) is 2. The van der Waals surface area contributed by atoms with E-state index in [4.69, 9.17) is 27.4 Å². The van der Waals surface area contributed by atoms with Crippen LogP contribution >= 0.6 is 28.1 Å². The molecule has 0 fully saturated rings. The normalized spacial score (nSPS) is 10.1. The summed E-state index contributed by atoms with van der Waals surface area (Å²) >= 11 is 8.43. The van der Waals surface area contributed by atoms with Crippen LogP contribution in [-0.2, 0) is 6.61 Å². The van der Waals surface area contributed by atoms with Crippen LogP contribution in [0.1, 0.15) is 11.1 Å². The standard InChI is InChI=1S/C15H14BrNO2S/c1-18-12-6-7-13(15(17)20)14(8-12)19-9-10-2-4-11(16)5-3-10/h2-8H,9H2,1H3,(H2,17,20). The van der Waals surface area contributed by atoms with Crippen molar-refractivity contribution in [2.75, 3.05) is 7.11 Å². The maximum Gasteiger partial charge on any atom is 0.133 e. The molecule has 0 amide bonds. The highest BCUT2D eigenvalue weighted by atomic mass is 79.9. The number of nitrogens with two attached hydrogens (primary N) is 1. The summed E-state index contributed by atoms with van der Waals surface area (Å²) in [4.78, 5) is 0.304. The lowest BCUT2D eigenvalue weighted by Gasteiger charge is -2.12. The smallest absolute Gasteiger partial charge is 0.133 e. The van der Waals surface area contributed by atoms with Crippen LogP contribution in [0.25, 0.3) is 0 Å². The molecule has 104 valence electrons. The second kappa shape index (κ2) is 6.72. The molecule has 0 unspecified atom stereocenters. The Balaban J connectivity index is 2.18. The van der Waals surface area contributed by atoms with E-state index in [0.717, 1.165) is 10.0 Å². The fraction of sp³-hybridized carbons (Fsp3) is 0.133. The third-order valence-electron chi connectivity index (χ3n) is 2.76. The molecule has 2 rings (SSSR count). The van der Waals surface area contributed by atoms with E-state index in [9.17, 15) is 0 Å². The molecule has 2 N–H and O–H groups in total. The van der Waals surface area contributed by atoms with Gasteiger partial charge in [-0.25, -0.2) is 0 Å². The molecule has 2 aromatic rings. The molecule has 2 aromatic carbocycles. The molecule has 0 saturated carbocycles. The van der Waals surface area contributed by atoms with Crippen LogP contribution in [0.3, 0.4) is 0 Å². The van der Waals surface area contributed by atoms with Crippen LogP contribution in [0.2, 0.25) is 0 Å². The molecular formula is C15H14BrNO2S. The van der Waals surface area contributed by atoms with Crippen molar-refractivity contribution < 1.29 is 9.47 Å². The molecular weight excluding hydrogens is 338 g/mol. The number of methoxy groups -OCH3 is 1. The van der Waals surface area contributed by atoms with Gasteiger partial charge in [0, 0.05) is 10.5 Å². The van der Waals surface area contributed by atoms with Gasteiger partial charge in [0.25, 0.3) is 0 Å². The van der Waals surface area contributed by atoms with Gasteiger partial charge in [-0.15, -0.1) is 0 Å². The van der Waals surface area contributed by atoms with Gasteiger partial charge in [-0.05, 0) is 29.8 Å². The Morgan fingerprint density at radius 2 is 1.90 bits per heavy atom. The van der Waals surface area contributed by atoms with E-state index in [1.165, 1.54) is 0 Å². The second-order valence-corrected chi connectivity index (χ2v) is 5.50. The summed E-state index contributed by atoms with van der Waals surface area (Å²) in [6.45, 7) is 0.441. The molecule has 0 aliphatic heterocycles. The minimum Gasteiger partial charge on any atom is -0.497 e. The summed E-state index contributed by atoms with van der Waals surface area (Å²) in [5.41, 5.74) is 7.47. The highest BCUT2D eigenvalue weighted by molar-refractivity contribution is 9.10. The van der Waals surface area contributed by atoms with Crippen molar-refractivity contribution in [1.29, 1.82) is 0 Å². The fourth-order valence-electron chi connectivity index (χ4n) is 1.69. The molecule has 0 saturated heterocycles. The van der Waals surface area contributed by atoms with Crippen molar-refractivity contribution in [1.82, 2.24) is 0 Å². The minimum absolute atomic E-state index is 0.304. The Hall–Kier alpha value is -1.59. The van der Waals surface area contributed by atoms with E-state index in [1.54, 1.807) is 25.3 Å². The highest BCUT2D eigenvalue weighted by Crippen LogP contribution is 2.25.